The summed E-state index contributed by atoms with van der Waals surface area (Å²) < 4.78 is 2.03. The van der Waals surface area contributed by atoms with E-state index < -0.39 is 0 Å². The summed E-state index contributed by atoms with van der Waals surface area (Å²) in [6.45, 7) is 6.02. The van der Waals surface area contributed by atoms with Gasteiger partial charge in [-0.25, -0.2) is 0 Å². The smallest absolute Gasteiger partial charge is 0.0795 e. The Morgan fingerprint density at radius 1 is 1.53 bits per heavy atom. The Labute approximate surface area is 91.7 Å². The zero-order valence-electron chi connectivity index (χ0n) is 9.82. The molecule has 0 aliphatic heterocycles. The van der Waals surface area contributed by atoms with Crippen LogP contribution in [0.15, 0.2) is 6.20 Å². The highest BCUT2D eigenvalue weighted by atomic mass is 15.3. The third kappa shape index (κ3) is 2.59. The number of rotatable bonds is 2. The van der Waals surface area contributed by atoms with E-state index >= 15 is 0 Å². The molecule has 82 valence electrons. The van der Waals surface area contributed by atoms with Crippen LogP contribution in [0.2, 0.25) is 0 Å². The monoisotopic (exact) mass is 205 g/mol. The lowest BCUT2D eigenvalue weighted by atomic mass is 9.93. The van der Waals surface area contributed by atoms with Crippen molar-refractivity contribution >= 4 is 0 Å². The molecule has 3 heteroatoms. The zero-order valence-corrected chi connectivity index (χ0v) is 9.82. The van der Waals surface area contributed by atoms with Crippen LogP contribution in [0, 0.1) is 18.3 Å². The van der Waals surface area contributed by atoms with Gasteiger partial charge in [0.05, 0.1) is 24.2 Å². The van der Waals surface area contributed by atoms with Crippen LogP contribution < -0.4 is 0 Å². The molecule has 2 rings (SSSR count). The molecule has 0 spiro atoms. The Kier molecular flexibility index (Phi) is 4.36. The van der Waals surface area contributed by atoms with Crippen molar-refractivity contribution in [3.63, 3.8) is 0 Å². The van der Waals surface area contributed by atoms with Crippen LogP contribution >= 0.6 is 0 Å². The summed E-state index contributed by atoms with van der Waals surface area (Å²) in [4.78, 5) is 0. The fourth-order valence-corrected chi connectivity index (χ4v) is 1.61. The Balaban J connectivity index is 0.000000531. The number of aryl methyl sites for hydroxylation is 1. The Bertz CT molecular complexity index is 342. The van der Waals surface area contributed by atoms with Gasteiger partial charge in [0.15, 0.2) is 0 Å². The minimum Gasteiger partial charge on any atom is -0.269 e. The van der Waals surface area contributed by atoms with Crippen LogP contribution in [0.3, 0.4) is 0 Å². The number of hydrogen-bond donors (Lipinski definition) is 0. The van der Waals surface area contributed by atoms with Crippen molar-refractivity contribution in [1.82, 2.24) is 9.78 Å². The third-order valence-corrected chi connectivity index (χ3v) is 2.71. The van der Waals surface area contributed by atoms with Gasteiger partial charge in [0, 0.05) is 6.20 Å². The van der Waals surface area contributed by atoms with Gasteiger partial charge in [-0.05, 0) is 31.7 Å². The Morgan fingerprint density at radius 2 is 2.20 bits per heavy atom. The summed E-state index contributed by atoms with van der Waals surface area (Å²) >= 11 is 0. The predicted octanol–water partition coefficient (Wildman–Crippen LogP) is 3.01. The molecule has 0 unspecified atom stereocenters. The number of hydrogen-bond acceptors (Lipinski definition) is 2. The summed E-state index contributed by atoms with van der Waals surface area (Å²) in [6, 6.07) is 2.74. The molecular formula is C12H19N3. The van der Waals surface area contributed by atoms with Crippen molar-refractivity contribution in [2.45, 2.75) is 52.5 Å². The molecule has 0 atom stereocenters. The highest BCUT2D eigenvalue weighted by molar-refractivity contribution is 5.18. The maximum absolute atomic E-state index is 8.56. The Morgan fingerprint density at radius 3 is 2.67 bits per heavy atom. The topological polar surface area (TPSA) is 41.6 Å². The van der Waals surface area contributed by atoms with Crippen molar-refractivity contribution in [2.24, 2.45) is 0 Å². The second-order valence-electron chi connectivity index (χ2n) is 3.66. The van der Waals surface area contributed by atoms with Gasteiger partial charge in [-0.2, -0.15) is 10.4 Å². The molecule has 1 heterocycles. The van der Waals surface area contributed by atoms with E-state index in [0.717, 1.165) is 11.3 Å². The summed E-state index contributed by atoms with van der Waals surface area (Å²) in [7, 11) is 0. The van der Waals surface area contributed by atoms with Crippen LogP contribution in [-0.2, 0) is 6.42 Å². The standard InChI is InChI=1S/C10H13N3.C2H6/c1-8-7-13(9-3-2-4-9)12-10(8)5-6-11;1-2/h7,9H,2-5H2,1H3;1-2H3. The molecule has 1 saturated carbocycles. The van der Waals surface area contributed by atoms with Gasteiger partial charge in [0.2, 0.25) is 0 Å². The van der Waals surface area contributed by atoms with Gasteiger partial charge in [0.25, 0.3) is 0 Å². The van der Waals surface area contributed by atoms with Crippen molar-refractivity contribution < 1.29 is 0 Å². The van der Waals surface area contributed by atoms with Crippen LogP contribution in [-0.4, -0.2) is 9.78 Å². The molecular weight excluding hydrogens is 186 g/mol. The van der Waals surface area contributed by atoms with Gasteiger partial charge in [-0.3, -0.25) is 4.68 Å². The summed E-state index contributed by atoms with van der Waals surface area (Å²) in [6.07, 6.45) is 6.30. The molecule has 1 aromatic rings. The van der Waals surface area contributed by atoms with E-state index in [0.29, 0.717) is 12.5 Å². The van der Waals surface area contributed by atoms with E-state index in [1.54, 1.807) is 0 Å². The maximum atomic E-state index is 8.56. The average molecular weight is 205 g/mol. The third-order valence-electron chi connectivity index (χ3n) is 2.71. The van der Waals surface area contributed by atoms with Crippen LogP contribution in [0.5, 0.6) is 0 Å². The van der Waals surface area contributed by atoms with E-state index in [1.165, 1.54) is 19.3 Å². The van der Waals surface area contributed by atoms with Gasteiger partial charge in [-0.1, -0.05) is 13.8 Å². The molecule has 0 N–H and O–H groups in total. The normalized spacial score (nSPS) is 14.8. The van der Waals surface area contributed by atoms with E-state index in [1.807, 2.05) is 25.5 Å². The molecule has 1 aromatic heterocycles. The first-order valence-corrected chi connectivity index (χ1v) is 5.73. The van der Waals surface area contributed by atoms with Crippen molar-refractivity contribution in [3.05, 3.63) is 17.5 Å². The minimum absolute atomic E-state index is 0.436. The van der Waals surface area contributed by atoms with E-state index in [4.69, 9.17) is 5.26 Å². The van der Waals surface area contributed by atoms with Gasteiger partial charge < -0.3 is 0 Å². The molecule has 15 heavy (non-hydrogen) atoms. The fourth-order valence-electron chi connectivity index (χ4n) is 1.61. The van der Waals surface area contributed by atoms with Crippen molar-refractivity contribution in [3.8, 4) is 6.07 Å². The zero-order chi connectivity index (χ0) is 11.3. The molecule has 0 bridgehead atoms. The lowest BCUT2D eigenvalue weighted by Crippen LogP contribution is -2.17. The first kappa shape index (κ1) is 11.8. The first-order chi connectivity index (χ1) is 7.31. The van der Waals surface area contributed by atoms with Crippen molar-refractivity contribution in [1.29, 1.82) is 5.26 Å². The van der Waals surface area contributed by atoms with Crippen molar-refractivity contribution in [2.75, 3.05) is 0 Å². The lowest BCUT2D eigenvalue weighted by molar-refractivity contribution is 0.288. The Hall–Kier alpha value is -1.30. The lowest BCUT2D eigenvalue weighted by Gasteiger charge is -2.25. The van der Waals surface area contributed by atoms with E-state index in [-0.39, 0.29) is 0 Å². The van der Waals surface area contributed by atoms with Crippen LogP contribution in [0.25, 0.3) is 0 Å². The van der Waals surface area contributed by atoms with Gasteiger partial charge in [-0.15, -0.1) is 0 Å². The van der Waals surface area contributed by atoms with E-state index in [9.17, 15) is 0 Å². The second-order valence-corrected chi connectivity index (χ2v) is 3.66. The van der Waals surface area contributed by atoms with Crippen LogP contribution in [0.4, 0.5) is 0 Å². The number of nitrogens with zero attached hydrogens (tertiary/aromatic N) is 3. The van der Waals surface area contributed by atoms with Crippen LogP contribution in [0.1, 0.15) is 50.4 Å². The van der Waals surface area contributed by atoms with Gasteiger partial charge >= 0.3 is 0 Å². The molecule has 1 aliphatic rings. The van der Waals surface area contributed by atoms with Gasteiger partial charge in [0.1, 0.15) is 0 Å². The first-order valence-electron chi connectivity index (χ1n) is 5.73. The molecule has 0 amide bonds. The minimum atomic E-state index is 0.436. The highest BCUT2D eigenvalue weighted by Crippen LogP contribution is 2.31. The number of nitriles is 1. The highest BCUT2D eigenvalue weighted by Gasteiger charge is 2.20. The molecule has 0 saturated heterocycles. The SMILES string of the molecule is CC.Cc1cn(C2CCC2)nc1CC#N. The molecule has 0 aromatic carbocycles. The summed E-state index contributed by atoms with van der Waals surface area (Å²) in [5, 5.41) is 13.0. The predicted molar refractivity (Wildman–Crippen MR) is 60.5 cm³/mol. The quantitative estimate of drug-likeness (QED) is 0.744. The summed E-state index contributed by atoms with van der Waals surface area (Å²) in [5.74, 6) is 0. The number of aromatic nitrogens is 2. The molecule has 0 radical (unpaired) electrons. The molecule has 1 aliphatic carbocycles. The molecule has 1 fully saturated rings. The maximum Gasteiger partial charge on any atom is 0.0795 e. The average Bonchev–Trinajstić information content (AvgIpc) is 2.49. The largest absolute Gasteiger partial charge is 0.269 e. The van der Waals surface area contributed by atoms with E-state index in [2.05, 4.69) is 17.4 Å². The summed E-state index contributed by atoms with van der Waals surface area (Å²) in [5.41, 5.74) is 2.09. The second kappa shape index (κ2) is 5.55. The fraction of sp³-hybridized carbons (Fsp3) is 0.667. The molecule has 3 nitrogen and oxygen atoms in total.